The third-order valence-corrected chi connectivity index (χ3v) is 4.57. The number of nitrogen functional groups attached to an aromatic ring is 1. The molecule has 2 rings (SSSR count). The Labute approximate surface area is 118 Å². The zero-order valence-corrected chi connectivity index (χ0v) is 12.3. The van der Waals surface area contributed by atoms with Crippen molar-refractivity contribution in [1.82, 2.24) is 9.71 Å². The zero-order valence-electron chi connectivity index (χ0n) is 11.5. The Kier molecular flexibility index (Phi) is 3.77. The number of hydrogen-bond donors (Lipinski definition) is 4. The predicted molar refractivity (Wildman–Crippen MR) is 78.8 cm³/mol. The summed E-state index contributed by atoms with van der Waals surface area (Å²) in [5.41, 5.74) is 6.39. The summed E-state index contributed by atoms with van der Waals surface area (Å²) < 4.78 is 27.1. The van der Waals surface area contributed by atoms with Crippen LogP contribution < -0.4 is 10.5 Å². The molecular weight excluding hydrogens is 278 g/mol. The normalized spacial score (nSPS) is 12.9. The lowest BCUT2D eigenvalue weighted by Crippen LogP contribution is -2.36. The number of fused-ring (bicyclic) bond motifs is 1. The molecule has 1 heterocycles. The van der Waals surface area contributed by atoms with E-state index in [-0.39, 0.29) is 18.0 Å². The SMILES string of the molecule is CC(C)(CO)CNS(=O)(=O)c1c[nH]c2cc(N)ccc12. The van der Waals surface area contributed by atoms with E-state index in [1.54, 1.807) is 32.0 Å². The maximum absolute atomic E-state index is 12.3. The van der Waals surface area contributed by atoms with E-state index in [0.29, 0.717) is 16.6 Å². The van der Waals surface area contributed by atoms with Crippen molar-refractivity contribution in [3.8, 4) is 0 Å². The Hall–Kier alpha value is -1.57. The minimum Gasteiger partial charge on any atom is -0.399 e. The number of aromatic amines is 1. The van der Waals surface area contributed by atoms with Gasteiger partial charge in [-0.1, -0.05) is 13.8 Å². The highest BCUT2D eigenvalue weighted by molar-refractivity contribution is 7.89. The predicted octanol–water partition coefficient (Wildman–Crippen LogP) is 1.05. The molecule has 0 saturated carbocycles. The van der Waals surface area contributed by atoms with Crippen molar-refractivity contribution < 1.29 is 13.5 Å². The van der Waals surface area contributed by atoms with Gasteiger partial charge in [0, 0.05) is 41.4 Å². The van der Waals surface area contributed by atoms with Crippen LogP contribution >= 0.6 is 0 Å². The maximum atomic E-state index is 12.3. The number of aliphatic hydroxyl groups excluding tert-OH is 1. The van der Waals surface area contributed by atoms with E-state index in [9.17, 15) is 8.42 Å². The molecule has 110 valence electrons. The van der Waals surface area contributed by atoms with Gasteiger partial charge in [-0.3, -0.25) is 0 Å². The van der Waals surface area contributed by atoms with E-state index in [1.807, 2.05) is 0 Å². The molecule has 0 saturated heterocycles. The summed E-state index contributed by atoms with van der Waals surface area (Å²) in [6.07, 6.45) is 1.44. The topological polar surface area (TPSA) is 108 Å². The van der Waals surface area contributed by atoms with E-state index in [4.69, 9.17) is 10.8 Å². The summed E-state index contributed by atoms with van der Waals surface area (Å²) in [4.78, 5) is 3.08. The molecular formula is C13H19N3O3S. The molecule has 0 aliphatic carbocycles. The third-order valence-electron chi connectivity index (χ3n) is 3.13. The van der Waals surface area contributed by atoms with Gasteiger partial charge in [-0.15, -0.1) is 0 Å². The molecule has 0 amide bonds. The minimum absolute atomic E-state index is 0.0973. The summed E-state index contributed by atoms with van der Waals surface area (Å²) in [5.74, 6) is 0. The van der Waals surface area contributed by atoms with Gasteiger partial charge in [0.05, 0.1) is 0 Å². The van der Waals surface area contributed by atoms with Crippen molar-refractivity contribution in [3.63, 3.8) is 0 Å². The highest BCUT2D eigenvalue weighted by Gasteiger charge is 2.23. The number of anilines is 1. The van der Waals surface area contributed by atoms with Crippen molar-refractivity contribution in [2.24, 2.45) is 5.41 Å². The summed E-state index contributed by atoms with van der Waals surface area (Å²) in [5, 5.41) is 9.76. The van der Waals surface area contributed by atoms with Gasteiger partial charge in [0.1, 0.15) is 4.90 Å². The van der Waals surface area contributed by atoms with Crippen LogP contribution in [0, 0.1) is 5.41 Å². The molecule has 2 aromatic rings. The fraction of sp³-hybridized carbons (Fsp3) is 0.385. The highest BCUT2D eigenvalue weighted by atomic mass is 32.2. The Morgan fingerprint density at radius 1 is 1.40 bits per heavy atom. The number of sulfonamides is 1. The second-order valence-electron chi connectivity index (χ2n) is 5.60. The standard InChI is InChI=1S/C13H19N3O3S/c1-13(2,8-17)7-16-20(18,19)12-6-15-11-5-9(14)3-4-10(11)12/h3-6,15-17H,7-8,14H2,1-2H3. The Bertz CT molecular complexity index is 720. The van der Waals surface area contributed by atoms with Gasteiger partial charge in [-0.05, 0) is 18.2 Å². The van der Waals surface area contributed by atoms with Crippen molar-refractivity contribution in [2.75, 3.05) is 18.9 Å². The van der Waals surface area contributed by atoms with Crippen LogP contribution in [-0.2, 0) is 10.0 Å². The Morgan fingerprint density at radius 3 is 2.75 bits per heavy atom. The van der Waals surface area contributed by atoms with Crippen molar-refractivity contribution in [1.29, 1.82) is 0 Å². The molecule has 5 N–H and O–H groups in total. The van der Waals surface area contributed by atoms with Gasteiger partial charge in [0.25, 0.3) is 0 Å². The second kappa shape index (κ2) is 5.08. The first-order valence-corrected chi connectivity index (χ1v) is 7.71. The van der Waals surface area contributed by atoms with Crippen LogP contribution in [0.3, 0.4) is 0 Å². The van der Waals surface area contributed by atoms with Gasteiger partial charge < -0.3 is 15.8 Å². The third kappa shape index (κ3) is 2.95. The van der Waals surface area contributed by atoms with Crippen molar-refractivity contribution in [2.45, 2.75) is 18.7 Å². The molecule has 0 radical (unpaired) electrons. The second-order valence-corrected chi connectivity index (χ2v) is 7.34. The monoisotopic (exact) mass is 297 g/mol. The van der Waals surface area contributed by atoms with E-state index < -0.39 is 15.4 Å². The van der Waals surface area contributed by atoms with Crippen LogP contribution in [0.15, 0.2) is 29.3 Å². The lowest BCUT2D eigenvalue weighted by molar-refractivity contribution is 0.163. The molecule has 0 spiro atoms. The molecule has 0 unspecified atom stereocenters. The van der Waals surface area contributed by atoms with Gasteiger partial charge in [-0.2, -0.15) is 0 Å². The smallest absolute Gasteiger partial charge is 0.242 e. The first-order valence-electron chi connectivity index (χ1n) is 6.22. The summed E-state index contributed by atoms with van der Waals surface area (Å²) in [6, 6.07) is 5.02. The fourth-order valence-corrected chi connectivity index (χ4v) is 3.18. The first kappa shape index (κ1) is 14.8. The van der Waals surface area contributed by atoms with E-state index >= 15 is 0 Å². The maximum Gasteiger partial charge on any atom is 0.242 e. The number of aliphatic hydroxyl groups is 1. The number of aromatic nitrogens is 1. The summed E-state index contributed by atoms with van der Waals surface area (Å²) in [7, 11) is -3.63. The molecule has 7 heteroatoms. The van der Waals surface area contributed by atoms with Gasteiger partial charge in [-0.25, -0.2) is 13.1 Å². The Balaban J connectivity index is 2.33. The lowest BCUT2D eigenvalue weighted by Gasteiger charge is -2.21. The average Bonchev–Trinajstić information content (AvgIpc) is 2.80. The quantitative estimate of drug-likeness (QED) is 0.618. The molecule has 0 aliphatic heterocycles. The van der Waals surface area contributed by atoms with E-state index in [0.717, 1.165) is 0 Å². The van der Waals surface area contributed by atoms with Crippen LogP contribution in [0.2, 0.25) is 0 Å². The molecule has 6 nitrogen and oxygen atoms in total. The lowest BCUT2D eigenvalue weighted by atomic mass is 9.96. The van der Waals surface area contributed by atoms with Crippen LogP contribution in [0.25, 0.3) is 10.9 Å². The Morgan fingerprint density at radius 2 is 2.10 bits per heavy atom. The number of benzene rings is 1. The van der Waals surface area contributed by atoms with Crippen LogP contribution in [-0.4, -0.2) is 31.7 Å². The van der Waals surface area contributed by atoms with E-state index in [1.165, 1.54) is 6.20 Å². The number of nitrogens with one attached hydrogen (secondary N) is 2. The van der Waals surface area contributed by atoms with Crippen molar-refractivity contribution >= 4 is 26.6 Å². The zero-order chi connectivity index (χ0) is 15.0. The van der Waals surface area contributed by atoms with Gasteiger partial charge >= 0.3 is 0 Å². The number of hydrogen-bond acceptors (Lipinski definition) is 4. The van der Waals surface area contributed by atoms with Gasteiger partial charge in [0.15, 0.2) is 0 Å². The summed E-state index contributed by atoms with van der Waals surface area (Å²) in [6.45, 7) is 3.63. The number of nitrogens with two attached hydrogens (primary N) is 1. The largest absolute Gasteiger partial charge is 0.399 e. The first-order chi connectivity index (χ1) is 9.25. The molecule has 0 atom stereocenters. The fourth-order valence-electron chi connectivity index (χ4n) is 1.76. The number of rotatable bonds is 5. The number of H-pyrrole nitrogens is 1. The molecule has 1 aromatic carbocycles. The summed E-state index contributed by atoms with van der Waals surface area (Å²) >= 11 is 0. The molecule has 1 aromatic heterocycles. The molecule has 0 bridgehead atoms. The average molecular weight is 297 g/mol. The highest BCUT2D eigenvalue weighted by Crippen LogP contribution is 2.24. The van der Waals surface area contributed by atoms with Crippen molar-refractivity contribution in [3.05, 3.63) is 24.4 Å². The molecule has 20 heavy (non-hydrogen) atoms. The van der Waals surface area contributed by atoms with E-state index in [2.05, 4.69) is 9.71 Å². The minimum atomic E-state index is -3.63. The molecule has 0 aliphatic rings. The van der Waals surface area contributed by atoms with Crippen LogP contribution in [0.5, 0.6) is 0 Å². The van der Waals surface area contributed by atoms with Crippen LogP contribution in [0.4, 0.5) is 5.69 Å². The molecule has 0 fully saturated rings. The van der Waals surface area contributed by atoms with Crippen LogP contribution in [0.1, 0.15) is 13.8 Å². The van der Waals surface area contributed by atoms with Gasteiger partial charge in [0.2, 0.25) is 10.0 Å².